The Bertz CT molecular complexity index is 634. The zero-order valence-electron chi connectivity index (χ0n) is 12.4. The van der Waals surface area contributed by atoms with Gasteiger partial charge in [0.15, 0.2) is 5.16 Å². The summed E-state index contributed by atoms with van der Waals surface area (Å²) in [6, 6.07) is 7.61. The molecule has 1 heterocycles. The van der Waals surface area contributed by atoms with Gasteiger partial charge in [-0.25, -0.2) is 4.98 Å². The fourth-order valence-electron chi connectivity index (χ4n) is 2.04. The monoisotopic (exact) mass is 290 g/mol. The molecular weight excluding hydrogens is 268 g/mol. The molecule has 0 saturated heterocycles. The van der Waals surface area contributed by atoms with E-state index in [2.05, 4.69) is 25.8 Å². The second-order valence-electron chi connectivity index (χ2n) is 5.40. The minimum absolute atomic E-state index is 0.0925. The topological polar surface area (TPSA) is 34.9 Å². The van der Waals surface area contributed by atoms with E-state index in [9.17, 15) is 4.79 Å². The van der Waals surface area contributed by atoms with Gasteiger partial charge in [0.2, 0.25) is 0 Å². The molecule has 0 aliphatic heterocycles. The van der Waals surface area contributed by atoms with Crippen molar-refractivity contribution >= 4 is 22.7 Å². The van der Waals surface area contributed by atoms with Gasteiger partial charge in [-0.2, -0.15) is 0 Å². The number of rotatable bonds is 6. The normalized spacial score (nSPS) is 11.4. The molecule has 20 heavy (non-hydrogen) atoms. The van der Waals surface area contributed by atoms with Crippen molar-refractivity contribution in [1.29, 1.82) is 0 Å². The number of para-hydroxylation sites is 1. The van der Waals surface area contributed by atoms with Gasteiger partial charge in [0, 0.05) is 12.3 Å². The number of hydrogen-bond donors (Lipinski definition) is 0. The van der Waals surface area contributed by atoms with Crippen molar-refractivity contribution in [3.8, 4) is 0 Å². The Morgan fingerprint density at radius 2 is 2.05 bits per heavy atom. The van der Waals surface area contributed by atoms with Crippen molar-refractivity contribution in [1.82, 2.24) is 9.55 Å². The fraction of sp³-hybridized carbons (Fsp3) is 0.500. The molecule has 2 rings (SSSR count). The van der Waals surface area contributed by atoms with E-state index in [0.717, 1.165) is 41.2 Å². The van der Waals surface area contributed by atoms with Crippen LogP contribution in [0.1, 0.15) is 33.6 Å². The Kier molecular flexibility index (Phi) is 5.24. The molecule has 0 atom stereocenters. The van der Waals surface area contributed by atoms with Gasteiger partial charge < -0.3 is 0 Å². The number of benzene rings is 1. The molecule has 0 spiro atoms. The van der Waals surface area contributed by atoms with Crippen LogP contribution >= 0.6 is 11.8 Å². The van der Waals surface area contributed by atoms with E-state index in [1.54, 1.807) is 11.8 Å². The quantitative estimate of drug-likeness (QED) is 0.597. The Morgan fingerprint density at radius 1 is 1.30 bits per heavy atom. The van der Waals surface area contributed by atoms with Gasteiger partial charge >= 0.3 is 0 Å². The molecule has 4 heteroatoms. The van der Waals surface area contributed by atoms with Crippen LogP contribution in [0.4, 0.5) is 0 Å². The van der Waals surface area contributed by atoms with Gasteiger partial charge in [-0.05, 0) is 30.9 Å². The molecule has 1 aromatic heterocycles. The fourth-order valence-corrected chi connectivity index (χ4v) is 2.92. The predicted octanol–water partition coefficient (Wildman–Crippen LogP) is 3.94. The first-order chi connectivity index (χ1) is 9.63. The summed E-state index contributed by atoms with van der Waals surface area (Å²) in [5, 5.41) is 1.58. The lowest BCUT2D eigenvalue weighted by Gasteiger charge is -2.13. The smallest absolute Gasteiger partial charge is 0.262 e. The molecular formula is C16H22N2OS. The van der Waals surface area contributed by atoms with E-state index in [0.29, 0.717) is 5.92 Å². The van der Waals surface area contributed by atoms with Crippen LogP contribution in [0.25, 0.3) is 10.9 Å². The lowest BCUT2D eigenvalue weighted by atomic mass is 10.1. The minimum atomic E-state index is 0.0925. The van der Waals surface area contributed by atoms with E-state index in [1.807, 2.05) is 28.8 Å². The van der Waals surface area contributed by atoms with Crippen molar-refractivity contribution < 1.29 is 0 Å². The third-order valence-corrected chi connectivity index (χ3v) is 4.37. The molecule has 0 unspecified atom stereocenters. The van der Waals surface area contributed by atoms with Crippen molar-refractivity contribution in [2.24, 2.45) is 5.92 Å². The number of thioether (sulfide) groups is 1. The van der Waals surface area contributed by atoms with Crippen LogP contribution < -0.4 is 5.56 Å². The van der Waals surface area contributed by atoms with Crippen molar-refractivity contribution in [3.63, 3.8) is 0 Å². The summed E-state index contributed by atoms with van der Waals surface area (Å²) in [6.07, 6.45) is 2.08. The standard InChI is InChI=1S/C16H22N2OS/c1-4-11-20-16-17-14-8-6-5-7-13(14)15(19)18(16)10-9-12(2)3/h5-8,12H,4,9-11H2,1-3H3. The summed E-state index contributed by atoms with van der Waals surface area (Å²) in [4.78, 5) is 17.3. The third kappa shape index (κ3) is 3.42. The molecule has 108 valence electrons. The van der Waals surface area contributed by atoms with Gasteiger partial charge in [-0.1, -0.05) is 44.7 Å². The molecule has 0 fully saturated rings. The number of aromatic nitrogens is 2. The van der Waals surface area contributed by atoms with Crippen LogP contribution in [-0.4, -0.2) is 15.3 Å². The maximum Gasteiger partial charge on any atom is 0.262 e. The lowest BCUT2D eigenvalue weighted by molar-refractivity contribution is 0.481. The molecule has 0 N–H and O–H groups in total. The molecule has 1 aromatic carbocycles. The molecule has 0 aliphatic carbocycles. The van der Waals surface area contributed by atoms with Crippen molar-refractivity contribution in [3.05, 3.63) is 34.6 Å². The number of fused-ring (bicyclic) bond motifs is 1. The zero-order chi connectivity index (χ0) is 14.5. The van der Waals surface area contributed by atoms with Crippen LogP contribution in [0.15, 0.2) is 34.2 Å². The summed E-state index contributed by atoms with van der Waals surface area (Å²) in [6.45, 7) is 7.25. The highest BCUT2D eigenvalue weighted by Gasteiger charge is 2.11. The summed E-state index contributed by atoms with van der Waals surface area (Å²) in [5.41, 5.74) is 0.895. The summed E-state index contributed by atoms with van der Waals surface area (Å²) < 4.78 is 1.85. The Hall–Kier alpha value is -1.29. The van der Waals surface area contributed by atoms with Gasteiger partial charge in [-0.3, -0.25) is 9.36 Å². The van der Waals surface area contributed by atoms with Crippen LogP contribution in [0.5, 0.6) is 0 Å². The number of hydrogen-bond acceptors (Lipinski definition) is 3. The Morgan fingerprint density at radius 3 is 2.75 bits per heavy atom. The Labute approximate surface area is 124 Å². The van der Waals surface area contributed by atoms with E-state index in [1.165, 1.54) is 0 Å². The third-order valence-electron chi connectivity index (χ3n) is 3.19. The molecule has 0 saturated carbocycles. The molecule has 2 aromatic rings. The van der Waals surface area contributed by atoms with E-state index < -0.39 is 0 Å². The van der Waals surface area contributed by atoms with E-state index in [-0.39, 0.29) is 5.56 Å². The second kappa shape index (κ2) is 6.93. The van der Waals surface area contributed by atoms with E-state index in [4.69, 9.17) is 0 Å². The molecule has 0 radical (unpaired) electrons. The van der Waals surface area contributed by atoms with Crippen molar-refractivity contribution in [2.75, 3.05) is 5.75 Å². The van der Waals surface area contributed by atoms with Crippen LogP contribution in [0.3, 0.4) is 0 Å². The van der Waals surface area contributed by atoms with Gasteiger partial charge in [0.1, 0.15) is 0 Å². The second-order valence-corrected chi connectivity index (χ2v) is 6.46. The van der Waals surface area contributed by atoms with Gasteiger partial charge in [-0.15, -0.1) is 0 Å². The van der Waals surface area contributed by atoms with Crippen molar-refractivity contribution in [2.45, 2.75) is 45.3 Å². The lowest BCUT2D eigenvalue weighted by Crippen LogP contribution is -2.24. The summed E-state index contributed by atoms with van der Waals surface area (Å²) in [5.74, 6) is 1.57. The maximum atomic E-state index is 12.6. The van der Waals surface area contributed by atoms with Gasteiger partial charge in [0.05, 0.1) is 10.9 Å². The first kappa shape index (κ1) is 15.1. The Balaban J connectivity index is 2.48. The summed E-state index contributed by atoms with van der Waals surface area (Å²) >= 11 is 1.68. The largest absolute Gasteiger partial charge is 0.287 e. The van der Waals surface area contributed by atoms with Crippen LogP contribution in [0.2, 0.25) is 0 Å². The average Bonchev–Trinajstić information content (AvgIpc) is 2.44. The molecule has 0 amide bonds. The first-order valence-electron chi connectivity index (χ1n) is 7.25. The maximum absolute atomic E-state index is 12.6. The van der Waals surface area contributed by atoms with Crippen LogP contribution in [-0.2, 0) is 6.54 Å². The highest BCUT2D eigenvalue weighted by molar-refractivity contribution is 7.99. The molecule has 0 aliphatic rings. The average molecular weight is 290 g/mol. The SMILES string of the molecule is CCCSc1nc2ccccc2c(=O)n1CCC(C)C. The summed E-state index contributed by atoms with van der Waals surface area (Å²) in [7, 11) is 0. The molecule has 3 nitrogen and oxygen atoms in total. The highest BCUT2D eigenvalue weighted by Crippen LogP contribution is 2.19. The molecule has 0 bridgehead atoms. The minimum Gasteiger partial charge on any atom is -0.287 e. The highest BCUT2D eigenvalue weighted by atomic mass is 32.2. The predicted molar refractivity (Wildman–Crippen MR) is 86.5 cm³/mol. The van der Waals surface area contributed by atoms with E-state index >= 15 is 0 Å². The van der Waals surface area contributed by atoms with Gasteiger partial charge in [0.25, 0.3) is 5.56 Å². The first-order valence-corrected chi connectivity index (χ1v) is 8.24. The van der Waals surface area contributed by atoms with Crippen LogP contribution in [0, 0.1) is 5.92 Å². The zero-order valence-corrected chi connectivity index (χ0v) is 13.2. The number of nitrogens with zero attached hydrogens (tertiary/aromatic N) is 2.